The molecule has 0 saturated heterocycles. The number of phosphoric ester groups is 1. The van der Waals surface area contributed by atoms with Gasteiger partial charge in [0.25, 0.3) is 12.9 Å². The SMILES string of the molecule is O=COCC(COP(=O)(O)O)OC=O. The molecule has 0 radical (unpaired) electrons. The molecule has 0 spiro atoms. The number of hydrogen-bond acceptors (Lipinski definition) is 6. The maximum atomic E-state index is 10.2. The van der Waals surface area contributed by atoms with Crippen LogP contribution in [0.25, 0.3) is 0 Å². The van der Waals surface area contributed by atoms with Gasteiger partial charge in [0.2, 0.25) is 0 Å². The van der Waals surface area contributed by atoms with E-state index in [2.05, 4.69) is 14.0 Å². The summed E-state index contributed by atoms with van der Waals surface area (Å²) < 4.78 is 22.8. The van der Waals surface area contributed by atoms with Gasteiger partial charge in [-0.3, -0.25) is 14.1 Å². The van der Waals surface area contributed by atoms with E-state index < -0.39 is 20.5 Å². The van der Waals surface area contributed by atoms with E-state index >= 15 is 0 Å². The van der Waals surface area contributed by atoms with Gasteiger partial charge < -0.3 is 19.3 Å². The summed E-state index contributed by atoms with van der Waals surface area (Å²) in [4.78, 5) is 36.2. The Morgan fingerprint density at radius 2 is 1.86 bits per heavy atom. The van der Waals surface area contributed by atoms with Crippen molar-refractivity contribution in [1.29, 1.82) is 0 Å². The highest BCUT2D eigenvalue weighted by Crippen LogP contribution is 2.35. The van der Waals surface area contributed by atoms with Crippen molar-refractivity contribution in [2.45, 2.75) is 6.10 Å². The summed E-state index contributed by atoms with van der Waals surface area (Å²) in [7, 11) is -4.62. The van der Waals surface area contributed by atoms with Gasteiger partial charge in [-0.05, 0) is 0 Å². The normalized spacial score (nSPS) is 13.0. The van der Waals surface area contributed by atoms with Crippen molar-refractivity contribution in [2.75, 3.05) is 13.2 Å². The second-order valence-corrected chi connectivity index (χ2v) is 3.31. The third kappa shape index (κ3) is 7.69. The molecule has 0 amide bonds. The van der Waals surface area contributed by atoms with E-state index in [4.69, 9.17) is 9.79 Å². The summed E-state index contributed by atoms with van der Waals surface area (Å²) in [6.45, 7) is -0.723. The average Bonchev–Trinajstić information content (AvgIpc) is 2.08. The molecule has 0 aliphatic rings. The zero-order valence-electron chi connectivity index (χ0n) is 6.94. The molecule has 0 fully saturated rings. The third-order valence-corrected chi connectivity index (χ3v) is 1.51. The fourth-order valence-electron chi connectivity index (χ4n) is 0.532. The maximum Gasteiger partial charge on any atom is 0.469 e. The Balaban J connectivity index is 3.89. The largest absolute Gasteiger partial charge is 0.469 e. The summed E-state index contributed by atoms with van der Waals surface area (Å²) >= 11 is 0. The fourth-order valence-corrected chi connectivity index (χ4v) is 0.893. The van der Waals surface area contributed by atoms with Crippen molar-refractivity contribution in [3.63, 3.8) is 0 Å². The third-order valence-electron chi connectivity index (χ3n) is 1.03. The van der Waals surface area contributed by atoms with Gasteiger partial charge in [0.05, 0.1) is 6.61 Å². The summed E-state index contributed by atoms with van der Waals surface area (Å²) in [6.07, 6.45) is -1.04. The number of carbonyl (C=O) groups excluding carboxylic acids is 2. The lowest BCUT2D eigenvalue weighted by Gasteiger charge is -2.13. The van der Waals surface area contributed by atoms with Gasteiger partial charge in [-0.2, -0.15) is 0 Å². The lowest BCUT2D eigenvalue weighted by Crippen LogP contribution is -2.24. The van der Waals surface area contributed by atoms with E-state index in [1.54, 1.807) is 0 Å². The van der Waals surface area contributed by atoms with Crippen LogP contribution in [-0.2, 0) is 28.2 Å². The van der Waals surface area contributed by atoms with Crippen molar-refractivity contribution in [1.82, 2.24) is 0 Å². The molecule has 2 N–H and O–H groups in total. The molecule has 14 heavy (non-hydrogen) atoms. The molecule has 0 rings (SSSR count). The Labute approximate surface area is 79.0 Å². The lowest BCUT2D eigenvalue weighted by atomic mass is 10.4. The van der Waals surface area contributed by atoms with Crippen molar-refractivity contribution in [2.24, 2.45) is 0 Å². The van der Waals surface area contributed by atoms with Gasteiger partial charge in [-0.1, -0.05) is 0 Å². The number of carbonyl (C=O) groups is 2. The van der Waals surface area contributed by atoms with Crippen molar-refractivity contribution < 1.29 is 37.9 Å². The van der Waals surface area contributed by atoms with E-state index in [-0.39, 0.29) is 19.6 Å². The molecule has 1 atom stereocenters. The zero-order valence-corrected chi connectivity index (χ0v) is 7.83. The second-order valence-electron chi connectivity index (χ2n) is 2.07. The van der Waals surface area contributed by atoms with Crippen LogP contribution in [0.5, 0.6) is 0 Å². The Bertz CT molecular complexity index is 222. The Morgan fingerprint density at radius 1 is 1.21 bits per heavy atom. The van der Waals surface area contributed by atoms with Gasteiger partial charge in [-0.15, -0.1) is 0 Å². The van der Waals surface area contributed by atoms with Crippen molar-refractivity contribution >= 4 is 20.8 Å². The smallest absolute Gasteiger partial charge is 0.464 e. The Morgan fingerprint density at radius 3 is 2.29 bits per heavy atom. The highest BCUT2D eigenvalue weighted by Gasteiger charge is 2.19. The van der Waals surface area contributed by atoms with Crippen LogP contribution in [0, 0.1) is 0 Å². The van der Waals surface area contributed by atoms with Crippen LogP contribution in [-0.4, -0.2) is 42.0 Å². The molecule has 0 aliphatic heterocycles. The summed E-state index contributed by atoms with van der Waals surface area (Å²) in [5.74, 6) is 0. The fraction of sp³-hybridized carbons (Fsp3) is 0.600. The van der Waals surface area contributed by atoms with E-state index in [0.29, 0.717) is 0 Å². The predicted octanol–water partition coefficient (Wildman–Crippen LogP) is -1.19. The van der Waals surface area contributed by atoms with Crippen LogP contribution in [0.4, 0.5) is 0 Å². The van der Waals surface area contributed by atoms with Crippen LogP contribution >= 0.6 is 7.82 Å². The van der Waals surface area contributed by atoms with Gasteiger partial charge in [-0.25, -0.2) is 4.57 Å². The minimum Gasteiger partial charge on any atom is -0.464 e. The lowest BCUT2D eigenvalue weighted by molar-refractivity contribution is -0.144. The monoisotopic (exact) mass is 228 g/mol. The first-order valence-electron chi connectivity index (χ1n) is 3.34. The zero-order chi connectivity index (χ0) is 11.0. The van der Waals surface area contributed by atoms with Crippen LogP contribution in [0.1, 0.15) is 0 Å². The number of phosphoric acid groups is 1. The first kappa shape index (κ1) is 13.1. The molecule has 1 unspecified atom stereocenters. The van der Waals surface area contributed by atoms with Crippen LogP contribution in [0.2, 0.25) is 0 Å². The molecule has 9 heteroatoms. The standard InChI is InChI=1S/C5H9O8P/c6-3-11-1-5(12-4-7)2-13-14(8,9)10/h3-5H,1-2H2,(H2,8,9,10). The second kappa shape index (κ2) is 6.50. The van der Waals surface area contributed by atoms with Crippen LogP contribution in [0.3, 0.4) is 0 Å². The number of ether oxygens (including phenoxy) is 2. The molecule has 8 nitrogen and oxygen atoms in total. The van der Waals surface area contributed by atoms with Gasteiger partial charge in [0, 0.05) is 0 Å². The molecule has 0 bridgehead atoms. The number of rotatable bonds is 8. The minimum atomic E-state index is -4.62. The number of hydrogen-bond donors (Lipinski definition) is 2. The van der Waals surface area contributed by atoms with E-state index in [9.17, 15) is 14.2 Å². The molecule has 0 saturated carbocycles. The first-order valence-corrected chi connectivity index (χ1v) is 4.87. The first-order chi connectivity index (χ1) is 6.49. The highest BCUT2D eigenvalue weighted by atomic mass is 31.2. The van der Waals surface area contributed by atoms with Crippen LogP contribution in [0.15, 0.2) is 0 Å². The Hall–Kier alpha value is -0.950. The summed E-state index contributed by atoms with van der Waals surface area (Å²) in [6, 6.07) is 0. The molecular formula is C5H9O8P. The van der Waals surface area contributed by atoms with E-state index in [0.717, 1.165) is 0 Å². The molecule has 0 heterocycles. The molecule has 0 aromatic heterocycles. The quantitative estimate of drug-likeness (QED) is 0.393. The van der Waals surface area contributed by atoms with Gasteiger partial charge in [0.1, 0.15) is 6.61 Å². The average molecular weight is 228 g/mol. The van der Waals surface area contributed by atoms with Gasteiger partial charge >= 0.3 is 7.82 Å². The van der Waals surface area contributed by atoms with Crippen molar-refractivity contribution in [3.8, 4) is 0 Å². The predicted molar refractivity (Wildman–Crippen MR) is 40.9 cm³/mol. The van der Waals surface area contributed by atoms with E-state index in [1.165, 1.54) is 0 Å². The molecular weight excluding hydrogens is 219 g/mol. The summed E-state index contributed by atoms with van der Waals surface area (Å²) in [5, 5.41) is 0. The summed E-state index contributed by atoms with van der Waals surface area (Å²) in [5.41, 5.74) is 0. The minimum absolute atomic E-state index is 0.0574. The topological polar surface area (TPSA) is 119 Å². The maximum absolute atomic E-state index is 10.2. The van der Waals surface area contributed by atoms with Crippen molar-refractivity contribution in [3.05, 3.63) is 0 Å². The molecule has 82 valence electrons. The molecule has 0 aromatic carbocycles. The van der Waals surface area contributed by atoms with E-state index in [1.807, 2.05) is 0 Å². The Kier molecular flexibility index (Phi) is 6.06. The highest BCUT2D eigenvalue weighted by molar-refractivity contribution is 7.46. The van der Waals surface area contributed by atoms with Gasteiger partial charge in [0.15, 0.2) is 6.10 Å². The molecule has 0 aromatic rings. The molecule has 0 aliphatic carbocycles. The van der Waals surface area contributed by atoms with Crippen LogP contribution < -0.4 is 0 Å².